The van der Waals surface area contributed by atoms with Gasteiger partial charge in [-0.25, -0.2) is 4.39 Å². The van der Waals surface area contributed by atoms with E-state index >= 15 is 4.39 Å². The van der Waals surface area contributed by atoms with Gasteiger partial charge >= 0.3 is 5.97 Å². The van der Waals surface area contributed by atoms with Crippen LogP contribution in [-0.4, -0.2) is 105 Å². The van der Waals surface area contributed by atoms with Gasteiger partial charge in [0.2, 0.25) is 11.6 Å². The van der Waals surface area contributed by atoms with Gasteiger partial charge in [-0.3, -0.25) is 19.2 Å². The summed E-state index contributed by atoms with van der Waals surface area (Å²) in [6.45, 7) is 0.341. The zero-order chi connectivity index (χ0) is 33.0. The van der Waals surface area contributed by atoms with E-state index in [1.807, 2.05) is 0 Å². The number of fused-ring (bicyclic) bond motifs is 3. The minimum Gasteiger partial charge on any atom is -0.507 e. The second-order valence-corrected chi connectivity index (χ2v) is 11.2. The maximum absolute atomic E-state index is 15.2. The molecule has 7 atom stereocenters. The molecule has 0 bridgehead atoms. The summed E-state index contributed by atoms with van der Waals surface area (Å²) in [5, 5.41) is 54.8. The standard InChI is InChI=1S/C30H32FNO13/c1-11-23(35)28(40)22(31)29(44-11)45-15-9-30(41,16(33)10-43-17(34)6-7-32)8-13-19(15)27(39)21-20(25(13)37)24(36)12-4-3-5-14(42-2)18(12)26(21)38/h3-5,11,15,22-23,28-29,35,37,39-41H,6-10,32H2,1-2H3/t11-,15-,22+,23+,28-,29-,30-/m0/s1. The minimum atomic E-state index is -2.48. The highest BCUT2D eigenvalue weighted by atomic mass is 19.1. The van der Waals surface area contributed by atoms with Crippen LogP contribution in [0.2, 0.25) is 0 Å². The molecule has 1 aliphatic heterocycles. The fraction of sp³-hybridized carbons (Fsp3) is 0.467. The van der Waals surface area contributed by atoms with Gasteiger partial charge in [0.05, 0.1) is 42.4 Å². The number of aliphatic hydroxyl groups excluding tert-OH is 2. The summed E-state index contributed by atoms with van der Waals surface area (Å²) in [7, 11) is 1.27. The summed E-state index contributed by atoms with van der Waals surface area (Å²) in [5.74, 6) is -5.33. The van der Waals surface area contributed by atoms with Crippen LogP contribution in [0.5, 0.6) is 17.2 Å². The molecule has 0 saturated carbocycles. The Bertz CT molecular complexity index is 1580. The average molecular weight is 634 g/mol. The first-order valence-electron chi connectivity index (χ1n) is 14.0. The van der Waals surface area contributed by atoms with Crippen LogP contribution < -0.4 is 10.5 Å². The monoisotopic (exact) mass is 633 g/mol. The van der Waals surface area contributed by atoms with Gasteiger partial charge in [0.1, 0.15) is 35.1 Å². The van der Waals surface area contributed by atoms with Crippen molar-refractivity contribution in [2.24, 2.45) is 5.73 Å². The molecule has 0 spiro atoms. The van der Waals surface area contributed by atoms with Gasteiger partial charge in [0.25, 0.3) is 0 Å². The molecule has 1 heterocycles. The number of hydrogen-bond donors (Lipinski definition) is 6. The molecule has 0 radical (unpaired) electrons. The normalized spacial score (nSPS) is 29.0. The predicted octanol–water partition coefficient (Wildman–Crippen LogP) is -0.117. The summed E-state index contributed by atoms with van der Waals surface area (Å²) >= 11 is 0. The maximum atomic E-state index is 15.2. The van der Waals surface area contributed by atoms with Crippen LogP contribution in [0.4, 0.5) is 4.39 Å². The van der Waals surface area contributed by atoms with E-state index in [2.05, 4.69) is 0 Å². The highest BCUT2D eigenvalue weighted by molar-refractivity contribution is 6.31. The fourth-order valence-corrected chi connectivity index (χ4v) is 5.98. The van der Waals surface area contributed by atoms with Crippen LogP contribution in [0.3, 0.4) is 0 Å². The zero-order valence-electron chi connectivity index (χ0n) is 24.2. The van der Waals surface area contributed by atoms with E-state index in [9.17, 15) is 44.7 Å². The predicted molar refractivity (Wildman–Crippen MR) is 148 cm³/mol. The summed E-state index contributed by atoms with van der Waals surface area (Å²) in [4.78, 5) is 52.5. The van der Waals surface area contributed by atoms with E-state index in [1.165, 1.54) is 32.2 Å². The number of carbonyl (C=O) groups excluding carboxylic acids is 4. The number of phenols is 2. The molecule has 3 aliphatic rings. The topological polar surface area (TPSA) is 232 Å². The van der Waals surface area contributed by atoms with Gasteiger partial charge in [0.15, 0.2) is 24.9 Å². The Morgan fingerprint density at radius 1 is 1.09 bits per heavy atom. The Balaban J connectivity index is 1.64. The second-order valence-electron chi connectivity index (χ2n) is 11.2. The number of methoxy groups -OCH3 is 1. The average Bonchev–Trinajstić information content (AvgIpc) is 3.01. The number of nitrogens with two attached hydrogens (primary N) is 1. The highest BCUT2D eigenvalue weighted by Gasteiger charge is 2.52. The van der Waals surface area contributed by atoms with Crippen molar-refractivity contribution in [1.29, 1.82) is 0 Å². The number of aromatic hydroxyl groups is 2. The number of alkyl halides is 1. The lowest BCUT2D eigenvalue weighted by molar-refractivity contribution is -0.294. The van der Waals surface area contributed by atoms with Crippen molar-refractivity contribution in [3.8, 4) is 17.2 Å². The lowest BCUT2D eigenvalue weighted by Crippen LogP contribution is -2.56. The van der Waals surface area contributed by atoms with E-state index in [-0.39, 0.29) is 41.0 Å². The number of benzene rings is 2. The molecular formula is C30H32FNO13. The molecule has 1 saturated heterocycles. The summed E-state index contributed by atoms with van der Waals surface area (Å²) in [6.07, 6.45) is -12.4. The SMILES string of the molecule is COc1cccc2c1C(=O)c1c(O)c3c(c(O)c1C2=O)C[C@@](O)(C(=O)COC(=O)CCN)C[C@@H]3O[C@@H]1O[C@@H](C)[C@@H](O)[C@@H](O)[C@H]1F. The smallest absolute Gasteiger partial charge is 0.307 e. The second kappa shape index (κ2) is 12.1. The van der Waals surface area contributed by atoms with Crippen LogP contribution in [0.1, 0.15) is 68.8 Å². The van der Waals surface area contributed by atoms with Gasteiger partial charge < -0.3 is 50.2 Å². The quantitative estimate of drug-likeness (QED) is 0.140. The maximum Gasteiger partial charge on any atom is 0.307 e. The Kier molecular flexibility index (Phi) is 8.70. The third-order valence-corrected chi connectivity index (χ3v) is 8.37. The summed E-state index contributed by atoms with van der Waals surface area (Å²) in [6, 6.07) is 4.19. The fourth-order valence-electron chi connectivity index (χ4n) is 5.98. The molecule has 0 unspecified atom stereocenters. The van der Waals surface area contributed by atoms with Gasteiger partial charge in [-0.15, -0.1) is 0 Å². The Hall–Kier alpha value is -3.99. The number of halogens is 1. The zero-order valence-corrected chi connectivity index (χ0v) is 24.2. The minimum absolute atomic E-state index is 0.0162. The van der Waals surface area contributed by atoms with Crippen molar-refractivity contribution in [3.63, 3.8) is 0 Å². The molecule has 45 heavy (non-hydrogen) atoms. The van der Waals surface area contributed by atoms with Crippen molar-refractivity contribution in [2.45, 2.75) is 68.7 Å². The number of esters is 1. The molecule has 2 aliphatic carbocycles. The molecule has 2 aromatic carbocycles. The molecular weight excluding hydrogens is 601 g/mol. The van der Waals surface area contributed by atoms with Crippen molar-refractivity contribution in [1.82, 2.24) is 0 Å². The molecule has 14 nitrogen and oxygen atoms in total. The van der Waals surface area contributed by atoms with E-state index in [0.29, 0.717) is 0 Å². The van der Waals surface area contributed by atoms with Crippen molar-refractivity contribution in [2.75, 3.05) is 20.3 Å². The van der Waals surface area contributed by atoms with Crippen molar-refractivity contribution < 1.29 is 68.0 Å². The molecule has 15 heteroatoms. The van der Waals surface area contributed by atoms with Gasteiger partial charge in [-0.05, 0) is 13.0 Å². The molecule has 7 N–H and O–H groups in total. The van der Waals surface area contributed by atoms with E-state index < -0.39 is 108 Å². The van der Waals surface area contributed by atoms with Gasteiger partial charge in [-0.1, -0.05) is 12.1 Å². The molecule has 1 fully saturated rings. The third kappa shape index (κ3) is 5.34. The van der Waals surface area contributed by atoms with Crippen LogP contribution in [0.25, 0.3) is 0 Å². The van der Waals surface area contributed by atoms with E-state index in [0.717, 1.165) is 0 Å². The molecule has 5 rings (SSSR count). The molecule has 2 aromatic rings. The molecule has 0 amide bonds. The first-order chi connectivity index (χ1) is 21.2. The van der Waals surface area contributed by atoms with Gasteiger partial charge in [0, 0.05) is 36.1 Å². The van der Waals surface area contributed by atoms with E-state index in [1.54, 1.807) is 0 Å². The number of phenolic OH excluding ortho intramolecular Hbond substituents is 2. The third-order valence-electron chi connectivity index (χ3n) is 8.37. The lowest BCUT2D eigenvalue weighted by Gasteiger charge is -2.43. The number of carbonyl (C=O) groups is 4. The summed E-state index contributed by atoms with van der Waals surface area (Å²) in [5.41, 5.74) is 0.571. The number of hydrogen-bond acceptors (Lipinski definition) is 14. The van der Waals surface area contributed by atoms with Gasteiger partial charge in [-0.2, -0.15) is 0 Å². The largest absolute Gasteiger partial charge is 0.507 e. The lowest BCUT2D eigenvalue weighted by atomic mass is 9.72. The highest BCUT2D eigenvalue weighted by Crippen LogP contribution is 2.52. The summed E-state index contributed by atoms with van der Waals surface area (Å²) < 4.78 is 36.5. The Labute approximate surface area is 255 Å². The number of aliphatic hydroxyl groups is 3. The molecule has 0 aromatic heterocycles. The van der Waals surface area contributed by atoms with E-state index in [4.69, 9.17) is 24.7 Å². The number of rotatable bonds is 8. The van der Waals surface area contributed by atoms with Crippen molar-refractivity contribution in [3.05, 3.63) is 51.6 Å². The molecule has 242 valence electrons. The van der Waals surface area contributed by atoms with Crippen molar-refractivity contribution >= 4 is 23.3 Å². The Morgan fingerprint density at radius 3 is 2.44 bits per heavy atom. The number of ketones is 3. The Morgan fingerprint density at radius 2 is 1.78 bits per heavy atom. The first kappa shape index (κ1) is 32.4. The number of ether oxygens (including phenoxy) is 4. The number of Topliss-reactive ketones (excluding diaryl/α,β-unsaturated/α-hetero) is 1. The van der Waals surface area contributed by atoms with Crippen LogP contribution in [-0.2, 0) is 30.2 Å². The van der Waals surface area contributed by atoms with Crippen LogP contribution >= 0.6 is 0 Å². The van der Waals surface area contributed by atoms with Crippen LogP contribution in [0, 0.1) is 0 Å². The van der Waals surface area contributed by atoms with Crippen LogP contribution in [0.15, 0.2) is 18.2 Å². The first-order valence-corrected chi connectivity index (χ1v) is 14.0.